The van der Waals surface area contributed by atoms with Gasteiger partial charge in [-0.2, -0.15) is 0 Å². The highest BCUT2D eigenvalue weighted by Gasteiger charge is 2.24. The van der Waals surface area contributed by atoms with Gasteiger partial charge in [0.25, 0.3) is 5.91 Å². The van der Waals surface area contributed by atoms with Crippen molar-refractivity contribution in [2.45, 2.75) is 25.7 Å². The molecule has 4 heteroatoms. The number of carbonyl (C=O) groups is 1. The highest BCUT2D eigenvalue weighted by Crippen LogP contribution is 2.29. The molecule has 0 heterocycles. The number of aliphatic hydroxyl groups excluding tert-OH is 1. The van der Waals surface area contributed by atoms with Crippen LogP contribution < -0.4 is 5.32 Å². The summed E-state index contributed by atoms with van der Waals surface area (Å²) in [4.78, 5) is 12.0. The maximum atomic E-state index is 12.0. The van der Waals surface area contributed by atoms with E-state index in [0.29, 0.717) is 23.9 Å². The van der Waals surface area contributed by atoms with Gasteiger partial charge in [0.15, 0.2) is 0 Å². The summed E-state index contributed by atoms with van der Waals surface area (Å²) in [5.41, 5.74) is 0.672. The second-order valence-corrected chi connectivity index (χ2v) is 6.12. The minimum absolute atomic E-state index is 0.0384. The zero-order valence-electron chi connectivity index (χ0n) is 10.9. The Bertz CT molecular complexity index is 436. The van der Waals surface area contributed by atoms with Crippen molar-refractivity contribution in [3.63, 3.8) is 0 Å². The molecule has 0 aromatic heterocycles. The number of benzene rings is 1. The van der Waals surface area contributed by atoms with Gasteiger partial charge in [0.05, 0.1) is 0 Å². The van der Waals surface area contributed by atoms with Crippen molar-refractivity contribution in [3.8, 4) is 0 Å². The number of nitrogens with one attached hydrogen (secondary N) is 1. The first kappa shape index (κ1) is 14.5. The van der Waals surface area contributed by atoms with Crippen LogP contribution in [-0.4, -0.2) is 24.2 Å². The molecular formula is C15H20BrNO2. The molecule has 19 heavy (non-hydrogen) atoms. The highest BCUT2D eigenvalue weighted by molar-refractivity contribution is 9.10. The molecule has 1 fully saturated rings. The summed E-state index contributed by atoms with van der Waals surface area (Å²) in [6.07, 6.45) is 4.58. The lowest BCUT2D eigenvalue weighted by atomic mass is 9.79. The third-order valence-electron chi connectivity index (χ3n) is 3.91. The normalized spacial score (nSPS) is 23.1. The van der Waals surface area contributed by atoms with Crippen LogP contribution in [0.1, 0.15) is 36.0 Å². The van der Waals surface area contributed by atoms with Crippen LogP contribution in [0.25, 0.3) is 0 Å². The summed E-state index contributed by atoms with van der Waals surface area (Å²) >= 11 is 3.37. The number of aliphatic hydroxyl groups is 1. The van der Waals surface area contributed by atoms with E-state index < -0.39 is 0 Å². The van der Waals surface area contributed by atoms with E-state index in [1.165, 1.54) is 12.8 Å². The van der Waals surface area contributed by atoms with Crippen molar-refractivity contribution in [2.75, 3.05) is 13.2 Å². The molecule has 0 spiro atoms. The zero-order valence-corrected chi connectivity index (χ0v) is 12.5. The van der Waals surface area contributed by atoms with Crippen LogP contribution in [0.3, 0.4) is 0 Å². The Morgan fingerprint density at radius 3 is 2.74 bits per heavy atom. The first-order valence-corrected chi connectivity index (χ1v) is 7.64. The molecule has 1 amide bonds. The second kappa shape index (κ2) is 7.06. The number of amides is 1. The van der Waals surface area contributed by atoms with Gasteiger partial charge in [-0.05, 0) is 42.9 Å². The predicted octanol–water partition coefficient (Wildman–Crippen LogP) is 2.98. The summed E-state index contributed by atoms with van der Waals surface area (Å²) in [6.45, 7) is 0.897. The van der Waals surface area contributed by atoms with E-state index in [0.717, 1.165) is 17.3 Å². The molecule has 1 aromatic rings. The molecule has 1 aromatic carbocycles. The van der Waals surface area contributed by atoms with Crippen molar-refractivity contribution in [1.29, 1.82) is 0 Å². The lowest BCUT2D eigenvalue weighted by Gasteiger charge is -2.30. The minimum atomic E-state index is -0.0384. The fourth-order valence-electron chi connectivity index (χ4n) is 2.75. The molecule has 1 aliphatic carbocycles. The monoisotopic (exact) mass is 325 g/mol. The second-order valence-electron chi connectivity index (χ2n) is 5.21. The van der Waals surface area contributed by atoms with E-state index in [2.05, 4.69) is 21.2 Å². The van der Waals surface area contributed by atoms with Gasteiger partial charge in [0, 0.05) is 23.2 Å². The Kier molecular flexibility index (Phi) is 5.40. The predicted molar refractivity (Wildman–Crippen MR) is 79.0 cm³/mol. The van der Waals surface area contributed by atoms with Crippen LogP contribution in [-0.2, 0) is 0 Å². The van der Waals surface area contributed by atoms with Gasteiger partial charge in [-0.15, -0.1) is 0 Å². The summed E-state index contributed by atoms with van der Waals surface area (Å²) < 4.78 is 0.908. The van der Waals surface area contributed by atoms with Crippen LogP contribution in [0.15, 0.2) is 28.7 Å². The molecule has 0 saturated heterocycles. The fourth-order valence-corrected chi connectivity index (χ4v) is 3.15. The minimum Gasteiger partial charge on any atom is -0.396 e. The summed E-state index contributed by atoms with van der Waals surface area (Å²) in [6, 6.07) is 7.39. The standard InChI is InChI=1S/C15H20BrNO2/c16-14-7-3-6-11(8-14)15(19)17-9-12-4-1-2-5-13(12)10-18/h3,6-8,12-13,18H,1-2,4-5,9-10H2,(H,17,19). The van der Waals surface area contributed by atoms with E-state index >= 15 is 0 Å². The molecule has 2 unspecified atom stereocenters. The molecule has 104 valence electrons. The smallest absolute Gasteiger partial charge is 0.251 e. The van der Waals surface area contributed by atoms with Crippen LogP contribution in [0, 0.1) is 11.8 Å². The molecular weight excluding hydrogens is 306 g/mol. The summed E-state index contributed by atoms with van der Waals surface area (Å²) in [5, 5.41) is 12.4. The highest BCUT2D eigenvalue weighted by atomic mass is 79.9. The first-order valence-electron chi connectivity index (χ1n) is 6.85. The Morgan fingerprint density at radius 2 is 2.05 bits per heavy atom. The quantitative estimate of drug-likeness (QED) is 0.894. The van der Waals surface area contributed by atoms with Gasteiger partial charge < -0.3 is 10.4 Å². The van der Waals surface area contributed by atoms with E-state index in [4.69, 9.17) is 0 Å². The van der Waals surface area contributed by atoms with Crippen molar-refractivity contribution >= 4 is 21.8 Å². The van der Waals surface area contributed by atoms with Gasteiger partial charge in [-0.1, -0.05) is 34.8 Å². The van der Waals surface area contributed by atoms with E-state index in [1.807, 2.05) is 24.3 Å². The van der Waals surface area contributed by atoms with Crippen LogP contribution in [0.2, 0.25) is 0 Å². The summed E-state index contributed by atoms with van der Waals surface area (Å²) in [7, 11) is 0. The molecule has 2 rings (SSSR count). The van der Waals surface area contributed by atoms with Crippen molar-refractivity contribution in [2.24, 2.45) is 11.8 Å². The van der Waals surface area contributed by atoms with Gasteiger partial charge in [-0.25, -0.2) is 0 Å². The molecule has 3 nitrogen and oxygen atoms in total. The van der Waals surface area contributed by atoms with Crippen LogP contribution in [0.4, 0.5) is 0 Å². The number of hydrogen-bond donors (Lipinski definition) is 2. The maximum absolute atomic E-state index is 12.0. The first-order chi connectivity index (χ1) is 9.20. The average molecular weight is 326 g/mol. The van der Waals surface area contributed by atoms with Gasteiger partial charge in [0.1, 0.15) is 0 Å². The summed E-state index contributed by atoms with van der Waals surface area (Å²) in [5.74, 6) is 0.718. The van der Waals surface area contributed by atoms with Crippen molar-refractivity contribution in [3.05, 3.63) is 34.3 Å². The third kappa shape index (κ3) is 4.05. The number of halogens is 1. The Morgan fingerprint density at radius 1 is 1.32 bits per heavy atom. The lowest BCUT2D eigenvalue weighted by molar-refractivity contribution is 0.0909. The topological polar surface area (TPSA) is 49.3 Å². The van der Waals surface area contributed by atoms with Crippen LogP contribution >= 0.6 is 15.9 Å². The fraction of sp³-hybridized carbons (Fsp3) is 0.533. The molecule has 0 bridgehead atoms. The largest absolute Gasteiger partial charge is 0.396 e. The van der Waals surface area contributed by atoms with E-state index in [-0.39, 0.29) is 12.5 Å². The zero-order chi connectivity index (χ0) is 13.7. The maximum Gasteiger partial charge on any atom is 0.251 e. The number of rotatable bonds is 4. The molecule has 0 aliphatic heterocycles. The molecule has 2 N–H and O–H groups in total. The van der Waals surface area contributed by atoms with Crippen LogP contribution in [0.5, 0.6) is 0 Å². The third-order valence-corrected chi connectivity index (χ3v) is 4.41. The van der Waals surface area contributed by atoms with Crippen molar-refractivity contribution < 1.29 is 9.90 Å². The Balaban J connectivity index is 1.89. The van der Waals surface area contributed by atoms with Gasteiger partial charge >= 0.3 is 0 Å². The Labute approximate surface area is 122 Å². The van der Waals surface area contributed by atoms with Gasteiger partial charge in [-0.3, -0.25) is 4.79 Å². The van der Waals surface area contributed by atoms with E-state index in [9.17, 15) is 9.90 Å². The van der Waals surface area contributed by atoms with E-state index in [1.54, 1.807) is 0 Å². The number of carbonyl (C=O) groups excluding carboxylic acids is 1. The Hall–Kier alpha value is -0.870. The number of hydrogen-bond acceptors (Lipinski definition) is 2. The molecule has 2 atom stereocenters. The molecule has 0 radical (unpaired) electrons. The molecule has 1 aliphatic rings. The van der Waals surface area contributed by atoms with Gasteiger partial charge in [0.2, 0.25) is 0 Å². The van der Waals surface area contributed by atoms with Crippen molar-refractivity contribution in [1.82, 2.24) is 5.32 Å². The average Bonchev–Trinajstić information content (AvgIpc) is 2.45. The SMILES string of the molecule is O=C(NCC1CCCCC1CO)c1cccc(Br)c1. The molecule has 1 saturated carbocycles. The lowest BCUT2D eigenvalue weighted by Crippen LogP contribution is -2.35.